The van der Waals surface area contributed by atoms with E-state index in [1.807, 2.05) is 64.0 Å². The van der Waals surface area contributed by atoms with E-state index in [9.17, 15) is 14.7 Å². The Morgan fingerprint density at radius 2 is 1.76 bits per heavy atom. The van der Waals surface area contributed by atoms with Crippen LogP contribution in [0.3, 0.4) is 0 Å². The topological polar surface area (TPSA) is 79.3 Å². The minimum Gasteiger partial charge on any atom is -0.507 e. The molecule has 1 aliphatic rings. The Kier molecular flexibility index (Phi) is 7.97. The Morgan fingerprint density at radius 1 is 1.05 bits per heavy atom. The number of hydrogen-bond acceptors (Lipinski definition) is 6. The summed E-state index contributed by atoms with van der Waals surface area (Å²) in [6.45, 7) is 6.03. The highest BCUT2D eigenvalue weighted by Crippen LogP contribution is 2.43. The molecule has 0 radical (unpaired) electrons. The van der Waals surface area contributed by atoms with Crippen molar-refractivity contribution in [3.05, 3.63) is 88.5 Å². The Morgan fingerprint density at radius 3 is 2.39 bits per heavy atom. The van der Waals surface area contributed by atoms with Crippen molar-refractivity contribution >= 4 is 40.4 Å². The Bertz CT molecular complexity index is 1380. The number of carbonyl (C=O) groups is 2. The molecule has 0 aliphatic carbocycles. The van der Waals surface area contributed by atoms with E-state index in [2.05, 4.69) is 0 Å². The van der Waals surface area contributed by atoms with Gasteiger partial charge in [-0.05, 0) is 80.9 Å². The van der Waals surface area contributed by atoms with E-state index >= 15 is 0 Å². The summed E-state index contributed by atoms with van der Waals surface area (Å²) in [5.74, 6) is -0.865. The van der Waals surface area contributed by atoms with Gasteiger partial charge in [0.1, 0.15) is 17.3 Å². The highest BCUT2D eigenvalue weighted by Gasteiger charge is 2.47. The molecule has 1 aliphatic heterocycles. The summed E-state index contributed by atoms with van der Waals surface area (Å²) >= 11 is 6.24. The van der Waals surface area contributed by atoms with Gasteiger partial charge >= 0.3 is 0 Å². The van der Waals surface area contributed by atoms with Crippen LogP contribution in [0.1, 0.15) is 37.9 Å². The highest BCUT2D eigenvalue weighted by atomic mass is 35.5. The predicted octanol–water partition coefficient (Wildman–Crippen LogP) is 6.22. The zero-order valence-corrected chi connectivity index (χ0v) is 22.8. The average molecular weight is 535 g/mol. The average Bonchev–Trinajstić information content (AvgIpc) is 3.15. The van der Waals surface area contributed by atoms with E-state index in [1.165, 1.54) is 4.90 Å². The number of benzene rings is 3. The fourth-order valence-electron chi connectivity index (χ4n) is 4.43. The molecule has 1 atom stereocenters. The number of halogens is 1. The maximum absolute atomic E-state index is 13.5. The summed E-state index contributed by atoms with van der Waals surface area (Å²) in [6.07, 6.45) is -0.0683. The lowest BCUT2D eigenvalue weighted by molar-refractivity contribution is -0.132. The summed E-state index contributed by atoms with van der Waals surface area (Å²) in [6, 6.07) is 18.4. The number of ether oxygens (including phenoxy) is 2. The molecular weight excluding hydrogens is 504 g/mol. The first kappa shape index (κ1) is 27.1. The lowest BCUT2D eigenvalue weighted by Gasteiger charge is -2.26. The number of aliphatic hydroxyl groups excluding tert-OH is 1. The molecule has 0 saturated carbocycles. The van der Waals surface area contributed by atoms with Crippen molar-refractivity contribution in [1.29, 1.82) is 0 Å². The second-order valence-corrected chi connectivity index (χ2v) is 9.80. The van der Waals surface area contributed by atoms with E-state index in [1.54, 1.807) is 42.5 Å². The van der Waals surface area contributed by atoms with Gasteiger partial charge in [-0.15, -0.1) is 0 Å². The molecule has 1 heterocycles. The number of anilines is 2. The van der Waals surface area contributed by atoms with E-state index < -0.39 is 17.7 Å². The van der Waals surface area contributed by atoms with Gasteiger partial charge in [-0.2, -0.15) is 0 Å². The Balaban J connectivity index is 1.91. The summed E-state index contributed by atoms with van der Waals surface area (Å²) in [4.78, 5) is 30.3. The number of hydrogen-bond donors (Lipinski definition) is 1. The standard InChI is InChI=1S/C30H31ClN2O5/c1-6-37-25-17-20(10-15-24(25)31)28(34)26-27(19-8-7-9-23(16-19)38-18(2)3)33(30(36)29(26)35)22-13-11-21(12-14-22)32(4)5/h7-18,27,34H,6H2,1-5H3/b28-26-. The van der Waals surface area contributed by atoms with Crippen LogP contribution in [-0.2, 0) is 9.59 Å². The van der Waals surface area contributed by atoms with Crippen molar-refractivity contribution < 1.29 is 24.2 Å². The largest absolute Gasteiger partial charge is 0.507 e. The van der Waals surface area contributed by atoms with Crippen molar-refractivity contribution in [1.82, 2.24) is 0 Å². The molecule has 3 aromatic carbocycles. The number of Topliss-reactive ketones (excluding diaryl/α,β-unsaturated/α-hetero) is 1. The van der Waals surface area contributed by atoms with Crippen LogP contribution in [0.4, 0.5) is 11.4 Å². The number of ketones is 1. The van der Waals surface area contributed by atoms with Gasteiger partial charge in [-0.3, -0.25) is 14.5 Å². The number of nitrogens with zero attached hydrogens (tertiary/aromatic N) is 2. The van der Waals surface area contributed by atoms with Crippen LogP contribution in [0.5, 0.6) is 11.5 Å². The first-order valence-electron chi connectivity index (χ1n) is 12.4. The lowest BCUT2D eigenvalue weighted by atomic mass is 9.95. The number of amides is 1. The van der Waals surface area contributed by atoms with Crippen molar-refractivity contribution in [2.24, 2.45) is 0 Å². The third-order valence-corrected chi connectivity index (χ3v) is 6.45. The molecule has 7 nitrogen and oxygen atoms in total. The quantitative estimate of drug-likeness (QED) is 0.210. The molecular formula is C30H31ClN2O5. The van der Waals surface area contributed by atoms with Gasteiger partial charge < -0.3 is 19.5 Å². The molecule has 38 heavy (non-hydrogen) atoms. The molecule has 0 bridgehead atoms. The zero-order chi connectivity index (χ0) is 27.6. The predicted molar refractivity (Wildman–Crippen MR) is 150 cm³/mol. The van der Waals surface area contributed by atoms with Crippen molar-refractivity contribution in [2.75, 3.05) is 30.5 Å². The van der Waals surface area contributed by atoms with Gasteiger partial charge in [0.05, 0.1) is 29.3 Å². The van der Waals surface area contributed by atoms with E-state index in [-0.39, 0.29) is 17.4 Å². The van der Waals surface area contributed by atoms with Gasteiger partial charge in [0, 0.05) is 31.0 Å². The Hall–Kier alpha value is -3.97. The van der Waals surface area contributed by atoms with Crippen LogP contribution >= 0.6 is 11.6 Å². The molecule has 4 rings (SSSR count). The van der Waals surface area contributed by atoms with E-state index in [0.29, 0.717) is 39.9 Å². The van der Waals surface area contributed by atoms with Crippen LogP contribution in [0, 0.1) is 0 Å². The van der Waals surface area contributed by atoms with Crippen molar-refractivity contribution in [3.63, 3.8) is 0 Å². The fraction of sp³-hybridized carbons (Fsp3) is 0.267. The van der Waals surface area contributed by atoms with Crippen molar-refractivity contribution in [3.8, 4) is 11.5 Å². The lowest BCUT2D eigenvalue weighted by Crippen LogP contribution is -2.29. The molecule has 1 amide bonds. The summed E-state index contributed by atoms with van der Waals surface area (Å²) in [5, 5.41) is 11.8. The number of aliphatic hydroxyl groups is 1. The smallest absolute Gasteiger partial charge is 0.300 e. The maximum Gasteiger partial charge on any atom is 0.300 e. The van der Waals surface area contributed by atoms with E-state index in [4.69, 9.17) is 21.1 Å². The van der Waals surface area contributed by atoms with Crippen LogP contribution in [0.25, 0.3) is 5.76 Å². The normalized spacial score (nSPS) is 16.7. The summed E-state index contributed by atoms with van der Waals surface area (Å²) in [5.41, 5.74) is 2.39. The first-order chi connectivity index (χ1) is 18.1. The molecule has 0 spiro atoms. The molecule has 1 N–H and O–H groups in total. The number of carbonyl (C=O) groups excluding carboxylic acids is 2. The molecule has 3 aromatic rings. The SMILES string of the molecule is CCOc1cc(/C(O)=C2/C(=O)C(=O)N(c3ccc(N(C)C)cc3)C2c2cccc(OC(C)C)c2)ccc1Cl. The monoisotopic (exact) mass is 534 g/mol. The Labute approximate surface area is 227 Å². The third-order valence-electron chi connectivity index (χ3n) is 6.14. The zero-order valence-electron chi connectivity index (χ0n) is 22.1. The fourth-order valence-corrected chi connectivity index (χ4v) is 4.60. The van der Waals surface area contributed by atoms with Gasteiger partial charge in [0.15, 0.2) is 0 Å². The van der Waals surface area contributed by atoms with Gasteiger partial charge in [-0.25, -0.2) is 0 Å². The molecule has 0 aromatic heterocycles. The highest BCUT2D eigenvalue weighted by molar-refractivity contribution is 6.51. The van der Waals surface area contributed by atoms with Gasteiger partial charge in [0.25, 0.3) is 11.7 Å². The van der Waals surface area contributed by atoms with Crippen molar-refractivity contribution in [2.45, 2.75) is 32.9 Å². The second kappa shape index (κ2) is 11.2. The van der Waals surface area contributed by atoms with Crippen LogP contribution in [0.15, 0.2) is 72.3 Å². The molecule has 198 valence electrons. The van der Waals surface area contributed by atoms with E-state index in [0.717, 1.165) is 5.69 Å². The van der Waals surface area contributed by atoms with Crippen LogP contribution in [0.2, 0.25) is 5.02 Å². The third kappa shape index (κ3) is 5.34. The number of rotatable bonds is 8. The molecule has 8 heteroatoms. The molecule has 1 saturated heterocycles. The van der Waals surface area contributed by atoms with Gasteiger partial charge in [-0.1, -0.05) is 23.7 Å². The minimum absolute atomic E-state index is 0.0295. The second-order valence-electron chi connectivity index (χ2n) is 9.40. The summed E-state index contributed by atoms with van der Waals surface area (Å²) < 4.78 is 11.5. The molecule has 1 fully saturated rings. The molecule has 1 unspecified atom stereocenters. The summed E-state index contributed by atoms with van der Waals surface area (Å²) in [7, 11) is 3.84. The maximum atomic E-state index is 13.5. The van der Waals surface area contributed by atoms with Crippen LogP contribution < -0.4 is 19.3 Å². The van der Waals surface area contributed by atoms with Gasteiger partial charge in [0.2, 0.25) is 0 Å². The van der Waals surface area contributed by atoms with Crippen LogP contribution in [-0.4, -0.2) is 43.6 Å². The first-order valence-corrected chi connectivity index (χ1v) is 12.8. The minimum atomic E-state index is -0.887.